The van der Waals surface area contributed by atoms with Crippen molar-refractivity contribution in [3.05, 3.63) is 46.7 Å². The van der Waals surface area contributed by atoms with E-state index in [1.165, 1.54) is 31.2 Å². The Balaban J connectivity index is 3.03. The highest BCUT2D eigenvalue weighted by Gasteiger charge is 2.30. The molecule has 1 aromatic rings. The quantitative estimate of drug-likeness (QED) is 0.387. The SMILES string of the molecule is CC(=Cc1ccc(OC(F)(F)F)cc1)C(O)=C(C#N)C(N)=O. The van der Waals surface area contributed by atoms with Crippen LogP contribution in [-0.4, -0.2) is 17.4 Å². The molecular formula is C14H11F3N2O3. The molecular weight excluding hydrogens is 301 g/mol. The molecule has 0 heterocycles. The van der Waals surface area contributed by atoms with E-state index in [1.807, 2.05) is 0 Å². The molecule has 0 aliphatic heterocycles. The summed E-state index contributed by atoms with van der Waals surface area (Å²) < 4.78 is 39.8. The highest BCUT2D eigenvalue weighted by molar-refractivity contribution is 5.97. The second-order valence-corrected chi connectivity index (χ2v) is 4.14. The Bertz CT molecular complexity index is 668. The van der Waals surface area contributed by atoms with Crippen LogP contribution in [0, 0.1) is 11.3 Å². The normalized spacial score (nSPS) is 13.1. The van der Waals surface area contributed by atoms with Gasteiger partial charge < -0.3 is 15.6 Å². The van der Waals surface area contributed by atoms with E-state index in [4.69, 9.17) is 11.0 Å². The number of rotatable bonds is 4. The Morgan fingerprint density at radius 3 is 2.32 bits per heavy atom. The molecule has 0 unspecified atom stereocenters. The van der Waals surface area contributed by atoms with Gasteiger partial charge in [-0.2, -0.15) is 5.26 Å². The number of hydrogen-bond acceptors (Lipinski definition) is 4. The fourth-order valence-corrected chi connectivity index (χ4v) is 1.51. The molecule has 0 atom stereocenters. The smallest absolute Gasteiger partial charge is 0.506 e. The van der Waals surface area contributed by atoms with Gasteiger partial charge in [0.2, 0.25) is 0 Å². The minimum Gasteiger partial charge on any atom is -0.506 e. The van der Waals surface area contributed by atoms with Gasteiger partial charge in [0, 0.05) is 0 Å². The van der Waals surface area contributed by atoms with E-state index < -0.39 is 29.4 Å². The lowest BCUT2D eigenvalue weighted by atomic mass is 10.1. The van der Waals surface area contributed by atoms with Gasteiger partial charge in [0.1, 0.15) is 17.6 Å². The Morgan fingerprint density at radius 1 is 1.36 bits per heavy atom. The van der Waals surface area contributed by atoms with Gasteiger partial charge in [-0.05, 0) is 36.3 Å². The van der Waals surface area contributed by atoms with E-state index in [0.717, 1.165) is 12.1 Å². The van der Waals surface area contributed by atoms with Gasteiger partial charge in [-0.15, -0.1) is 13.2 Å². The van der Waals surface area contributed by atoms with E-state index in [0.29, 0.717) is 5.56 Å². The Labute approximate surface area is 123 Å². The molecule has 0 spiro atoms. The fraction of sp³-hybridized carbons (Fsp3) is 0.143. The molecule has 0 fully saturated rings. The van der Waals surface area contributed by atoms with Gasteiger partial charge in [0.05, 0.1) is 0 Å². The number of aliphatic hydroxyl groups is 1. The predicted molar refractivity (Wildman–Crippen MR) is 71.2 cm³/mol. The summed E-state index contributed by atoms with van der Waals surface area (Å²) in [6, 6.07) is 6.28. The van der Waals surface area contributed by atoms with Crippen molar-refractivity contribution >= 4 is 12.0 Å². The first kappa shape index (κ1) is 17.1. The number of nitrogens with two attached hydrogens (primary N) is 1. The number of carbonyl (C=O) groups excluding carboxylic acids is 1. The van der Waals surface area contributed by atoms with E-state index in [9.17, 15) is 23.1 Å². The number of nitrogens with zero attached hydrogens (tertiary/aromatic N) is 1. The minimum atomic E-state index is -4.78. The molecule has 5 nitrogen and oxygen atoms in total. The third kappa shape index (κ3) is 4.86. The summed E-state index contributed by atoms with van der Waals surface area (Å²) in [5.41, 5.74) is 4.91. The zero-order valence-electron chi connectivity index (χ0n) is 11.3. The van der Waals surface area contributed by atoms with Crippen LogP contribution < -0.4 is 10.5 Å². The molecule has 0 aliphatic carbocycles. The summed E-state index contributed by atoms with van der Waals surface area (Å²) in [6.07, 6.45) is -3.41. The van der Waals surface area contributed by atoms with Crippen LogP contribution in [0.3, 0.4) is 0 Å². The van der Waals surface area contributed by atoms with Crippen molar-refractivity contribution in [2.75, 3.05) is 0 Å². The molecule has 22 heavy (non-hydrogen) atoms. The number of allylic oxidation sites excluding steroid dienone is 1. The second-order valence-electron chi connectivity index (χ2n) is 4.14. The van der Waals surface area contributed by atoms with Crippen LogP contribution in [-0.2, 0) is 4.79 Å². The van der Waals surface area contributed by atoms with Gasteiger partial charge in [-0.25, -0.2) is 0 Å². The number of ether oxygens (including phenoxy) is 1. The predicted octanol–water partition coefficient (Wildman–Crippen LogP) is 2.81. The lowest BCUT2D eigenvalue weighted by molar-refractivity contribution is -0.274. The standard InChI is InChI=1S/C14H11F3N2O3/c1-8(12(20)11(7-18)13(19)21)6-9-2-4-10(5-3-9)22-14(15,16)17/h2-6,20H,1H3,(H2,19,21). The van der Waals surface area contributed by atoms with E-state index in [2.05, 4.69) is 4.74 Å². The lowest BCUT2D eigenvalue weighted by Crippen LogP contribution is -2.16. The third-order valence-corrected chi connectivity index (χ3v) is 2.47. The van der Waals surface area contributed by atoms with Crippen LogP contribution in [0.15, 0.2) is 41.2 Å². The van der Waals surface area contributed by atoms with Crippen LogP contribution in [0.25, 0.3) is 6.08 Å². The van der Waals surface area contributed by atoms with E-state index in [1.54, 1.807) is 0 Å². The largest absolute Gasteiger partial charge is 0.573 e. The zero-order valence-corrected chi connectivity index (χ0v) is 11.3. The molecule has 116 valence electrons. The number of halogens is 3. The van der Waals surface area contributed by atoms with Crippen molar-refractivity contribution in [2.45, 2.75) is 13.3 Å². The van der Waals surface area contributed by atoms with Crippen molar-refractivity contribution in [1.82, 2.24) is 0 Å². The fourth-order valence-electron chi connectivity index (χ4n) is 1.51. The molecule has 3 N–H and O–H groups in total. The summed E-state index contributed by atoms with van der Waals surface area (Å²) >= 11 is 0. The zero-order chi connectivity index (χ0) is 16.9. The molecule has 1 aromatic carbocycles. The minimum absolute atomic E-state index is 0.153. The van der Waals surface area contributed by atoms with Gasteiger partial charge >= 0.3 is 6.36 Å². The topological polar surface area (TPSA) is 96.3 Å². The lowest BCUT2D eigenvalue weighted by Gasteiger charge is -2.08. The highest BCUT2D eigenvalue weighted by atomic mass is 19.4. The Kier molecular flexibility index (Phi) is 5.18. The summed E-state index contributed by atoms with van der Waals surface area (Å²) in [7, 11) is 0. The average molecular weight is 312 g/mol. The van der Waals surface area contributed by atoms with Crippen molar-refractivity contribution in [2.24, 2.45) is 5.73 Å². The number of aliphatic hydroxyl groups excluding tert-OH is 1. The number of primary amides is 1. The van der Waals surface area contributed by atoms with Crippen molar-refractivity contribution in [3.8, 4) is 11.8 Å². The Hall–Kier alpha value is -2.95. The second kappa shape index (κ2) is 6.67. The third-order valence-electron chi connectivity index (χ3n) is 2.47. The first-order valence-electron chi connectivity index (χ1n) is 5.81. The van der Waals surface area contributed by atoms with Crippen LogP contribution >= 0.6 is 0 Å². The number of alkyl halides is 3. The monoisotopic (exact) mass is 312 g/mol. The maximum atomic E-state index is 12.0. The maximum absolute atomic E-state index is 12.0. The summed E-state index contributed by atoms with van der Waals surface area (Å²) in [6.45, 7) is 1.41. The van der Waals surface area contributed by atoms with E-state index in [-0.39, 0.29) is 5.57 Å². The number of carbonyl (C=O) groups is 1. The van der Waals surface area contributed by atoms with Crippen LogP contribution in [0.5, 0.6) is 5.75 Å². The van der Waals surface area contributed by atoms with Gasteiger partial charge in [-0.1, -0.05) is 12.1 Å². The Morgan fingerprint density at radius 2 is 1.91 bits per heavy atom. The maximum Gasteiger partial charge on any atom is 0.573 e. The molecule has 0 aliphatic rings. The molecule has 0 aromatic heterocycles. The molecule has 8 heteroatoms. The summed E-state index contributed by atoms with van der Waals surface area (Å²) in [4.78, 5) is 10.9. The first-order chi connectivity index (χ1) is 10.1. The number of amides is 1. The van der Waals surface area contributed by atoms with Crippen LogP contribution in [0.1, 0.15) is 12.5 Å². The number of hydrogen-bond donors (Lipinski definition) is 2. The summed E-state index contributed by atoms with van der Waals surface area (Å²) in [5.74, 6) is -2.07. The number of benzene rings is 1. The van der Waals surface area contributed by atoms with Crippen LogP contribution in [0.4, 0.5) is 13.2 Å². The van der Waals surface area contributed by atoms with Crippen molar-refractivity contribution in [3.63, 3.8) is 0 Å². The summed E-state index contributed by atoms with van der Waals surface area (Å²) in [5, 5.41) is 18.4. The van der Waals surface area contributed by atoms with Crippen molar-refractivity contribution in [1.29, 1.82) is 5.26 Å². The molecule has 0 bridgehead atoms. The van der Waals surface area contributed by atoms with Gasteiger partial charge in [0.15, 0.2) is 5.57 Å². The average Bonchev–Trinajstić information content (AvgIpc) is 2.39. The number of nitriles is 1. The van der Waals surface area contributed by atoms with E-state index >= 15 is 0 Å². The molecule has 1 amide bonds. The molecule has 1 rings (SSSR count). The van der Waals surface area contributed by atoms with Crippen LogP contribution in [0.2, 0.25) is 0 Å². The first-order valence-corrected chi connectivity index (χ1v) is 5.81. The van der Waals surface area contributed by atoms with Crippen molar-refractivity contribution < 1.29 is 27.8 Å². The molecule has 0 radical (unpaired) electrons. The van der Waals surface area contributed by atoms with Gasteiger partial charge in [-0.3, -0.25) is 4.79 Å². The highest BCUT2D eigenvalue weighted by Crippen LogP contribution is 2.24. The van der Waals surface area contributed by atoms with Gasteiger partial charge in [0.25, 0.3) is 5.91 Å². The molecule has 0 saturated carbocycles. The molecule has 0 saturated heterocycles.